The number of ketones is 1. The summed E-state index contributed by atoms with van der Waals surface area (Å²) in [5.74, 6) is 0.0288. The maximum atomic E-state index is 13.1. The van der Waals surface area contributed by atoms with E-state index >= 15 is 0 Å². The molecule has 1 fully saturated rings. The van der Waals surface area contributed by atoms with Gasteiger partial charge in [-0.05, 0) is 24.0 Å². The molecule has 0 spiro atoms. The molecule has 5 nitrogen and oxygen atoms in total. The number of hydrogen-bond acceptors (Lipinski definition) is 5. The van der Waals surface area contributed by atoms with Gasteiger partial charge in [-0.15, -0.1) is 0 Å². The summed E-state index contributed by atoms with van der Waals surface area (Å²) in [6.07, 6.45) is 1.90. The lowest BCUT2D eigenvalue weighted by Gasteiger charge is -2.28. The van der Waals surface area contributed by atoms with Gasteiger partial charge in [0.15, 0.2) is 15.6 Å². The molecule has 4 rings (SSSR count). The molecule has 0 bridgehead atoms. The number of carbonyl (C=O) groups is 1. The average molecular weight is 478 g/mol. The van der Waals surface area contributed by atoms with Crippen molar-refractivity contribution >= 4 is 15.6 Å². The maximum Gasteiger partial charge on any atom is 0.176 e. The van der Waals surface area contributed by atoms with E-state index in [0.717, 1.165) is 11.1 Å². The van der Waals surface area contributed by atoms with Crippen molar-refractivity contribution in [2.24, 2.45) is 0 Å². The number of rotatable bonds is 10. The minimum atomic E-state index is -3.31. The molecule has 1 saturated carbocycles. The fourth-order valence-electron chi connectivity index (χ4n) is 4.67. The van der Waals surface area contributed by atoms with Crippen molar-refractivity contribution in [1.82, 2.24) is 4.90 Å². The van der Waals surface area contributed by atoms with Crippen LogP contribution in [0.1, 0.15) is 34.3 Å². The van der Waals surface area contributed by atoms with Crippen LogP contribution in [-0.4, -0.2) is 49.3 Å². The second kappa shape index (κ2) is 11.1. The van der Waals surface area contributed by atoms with E-state index in [1.165, 1.54) is 6.26 Å². The molecule has 178 valence electrons. The lowest BCUT2D eigenvalue weighted by atomic mass is 10.1. The summed E-state index contributed by atoms with van der Waals surface area (Å²) in [7, 11) is -3.31. The van der Waals surface area contributed by atoms with Gasteiger partial charge in [-0.1, -0.05) is 91.0 Å². The molecular formula is C28H31NO4S. The summed E-state index contributed by atoms with van der Waals surface area (Å²) >= 11 is 0. The molecule has 0 amide bonds. The summed E-state index contributed by atoms with van der Waals surface area (Å²) in [6.45, 7) is 1.17. The van der Waals surface area contributed by atoms with Crippen LogP contribution in [0.25, 0.3) is 0 Å². The van der Waals surface area contributed by atoms with Crippen LogP contribution in [-0.2, 0) is 27.7 Å². The van der Waals surface area contributed by atoms with Gasteiger partial charge in [0.1, 0.15) is 0 Å². The molecule has 3 aromatic carbocycles. The highest BCUT2D eigenvalue weighted by Crippen LogP contribution is 2.33. The Morgan fingerprint density at radius 2 is 1.41 bits per heavy atom. The first-order valence-electron chi connectivity index (χ1n) is 11.6. The number of Topliss-reactive ketones (excluding diaryl/α,β-unsaturated/α-hetero) is 1. The minimum Gasteiger partial charge on any atom is -0.372 e. The van der Waals surface area contributed by atoms with Crippen molar-refractivity contribution < 1.29 is 17.9 Å². The molecule has 3 unspecified atom stereocenters. The van der Waals surface area contributed by atoms with Crippen molar-refractivity contribution in [1.29, 1.82) is 0 Å². The van der Waals surface area contributed by atoms with Gasteiger partial charge < -0.3 is 4.74 Å². The predicted molar refractivity (Wildman–Crippen MR) is 134 cm³/mol. The Bertz CT molecular complexity index is 1170. The van der Waals surface area contributed by atoms with Crippen LogP contribution in [0.3, 0.4) is 0 Å². The molecule has 0 aliphatic heterocycles. The van der Waals surface area contributed by atoms with Gasteiger partial charge in [-0.2, -0.15) is 0 Å². The van der Waals surface area contributed by atoms with E-state index in [1.807, 2.05) is 91.0 Å². The van der Waals surface area contributed by atoms with Crippen LogP contribution >= 0.6 is 0 Å². The Labute approximate surface area is 202 Å². The molecule has 0 saturated heterocycles. The largest absolute Gasteiger partial charge is 0.372 e. The van der Waals surface area contributed by atoms with Crippen LogP contribution < -0.4 is 0 Å². The minimum absolute atomic E-state index is 0.0288. The van der Waals surface area contributed by atoms with Gasteiger partial charge in [-0.25, -0.2) is 8.42 Å². The van der Waals surface area contributed by atoms with Gasteiger partial charge >= 0.3 is 0 Å². The topological polar surface area (TPSA) is 63.7 Å². The number of hydrogen-bond donors (Lipinski definition) is 0. The monoisotopic (exact) mass is 477 g/mol. The lowest BCUT2D eigenvalue weighted by molar-refractivity contribution is 0.0399. The summed E-state index contributed by atoms with van der Waals surface area (Å²) in [5.41, 5.74) is 2.77. The highest BCUT2D eigenvalue weighted by molar-refractivity contribution is 7.91. The molecular weight excluding hydrogens is 446 g/mol. The van der Waals surface area contributed by atoms with Gasteiger partial charge in [-0.3, -0.25) is 9.69 Å². The highest BCUT2D eigenvalue weighted by atomic mass is 32.2. The third kappa shape index (κ3) is 6.41. The van der Waals surface area contributed by atoms with Gasteiger partial charge in [0.2, 0.25) is 0 Å². The van der Waals surface area contributed by atoms with E-state index in [4.69, 9.17) is 4.74 Å². The Morgan fingerprint density at radius 3 is 2.00 bits per heavy atom. The van der Waals surface area contributed by atoms with Crippen LogP contribution in [0.15, 0.2) is 91.0 Å². The molecule has 3 atom stereocenters. The summed E-state index contributed by atoms with van der Waals surface area (Å²) < 4.78 is 31.5. The van der Waals surface area contributed by atoms with Gasteiger partial charge in [0.05, 0.1) is 24.5 Å². The second-order valence-electron chi connectivity index (χ2n) is 9.01. The first-order chi connectivity index (χ1) is 16.4. The standard InChI is InChI=1S/C28H31NO4S/c1-34(31,32)28-18-25(17-27(28)33-21-23-13-7-3-8-14-23)29(19-22-11-5-2-6-12-22)20-26(30)24-15-9-4-10-16-24/h2-16,25,27-28H,17-21H2,1H3. The molecule has 34 heavy (non-hydrogen) atoms. The van der Waals surface area contributed by atoms with Crippen LogP contribution in [0.2, 0.25) is 0 Å². The zero-order chi connectivity index (χ0) is 24.0. The first kappa shape index (κ1) is 24.3. The second-order valence-corrected chi connectivity index (χ2v) is 11.3. The third-order valence-corrected chi connectivity index (χ3v) is 8.06. The number of carbonyl (C=O) groups excluding carboxylic acids is 1. The van der Waals surface area contributed by atoms with Crippen LogP contribution in [0.5, 0.6) is 0 Å². The highest BCUT2D eigenvalue weighted by Gasteiger charge is 2.43. The summed E-state index contributed by atoms with van der Waals surface area (Å²) in [6, 6.07) is 28.9. The van der Waals surface area contributed by atoms with E-state index in [0.29, 0.717) is 31.6 Å². The summed E-state index contributed by atoms with van der Waals surface area (Å²) in [5, 5.41) is -0.591. The molecule has 1 aliphatic rings. The number of sulfone groups is 1. The molecule has 1 aliphatic carbocycles. The van der Waals surface area contributed by atoms with E-state index in [2.05, 4.69) is 4.90 Å². The quantitative estimate of drug-likeness (QED) is 0.402. The SMILES string of the molecule is CS(=O)(=O)C1CC(N(CC(=O)c2ccccc2)Cc2ccccc2)CC1OCc1ccccc1. The fraction of sp³-hybridized carbons (Fsp3) is 0.321. The van der Waals surface area contributed by atoms with Crippen LogP contribution in [0.4, 0.5) is 0 Å². The zero-order valence-corrected chi connectivity index (χ0v) is 20.2. The van der Waals surface area contributed by atoms with Crippen molar-refractivity contribution in [3.05, 3.63) is 108 Å². The molecule has 0 heterocycles. The van der Waals surface area contributed by atoms with E-state index < -0.39 is 21.2 Å². The van der Waals surface area contributed by atoms with Crippen molar-refractivity contribution in [3.8, 4) is 0 Å². The van der Waals surface area contributed by atoms with E-state index in [1.54, 1.807) is 0 Å². The molecule has 3 aromatic rings. The molecule has 0 radical (unpaired) electrons. The van der Waals surface area contributed by atoms with E-state index in [-0.39, 0.29) is 18.4 Å². The number of ether oxygens (including phenoxy) is 1. The summed E-state index contributed by atoms with van der Waals surface area (Å²) in [4.78, 5) is 15.2. The normalized spacial score (nSPS) is 20.5. The lowest BCUT2D eigenvalue weighted by Crippen LogP contribution is -2.38. The number of nitrogens with zero attached hydrogens (tertiary/aromatic N) is 1. The molecule has 0 N–H and O–H groups in total. The Morgan fingerprint density at radius 1 is 0.853 bits per heavy atom. The van der Waals surface area contributed by atoms with Crippen molar-refractivity contribution in [3.63, 3.8) is 0 Å². The average Bonchev–Trinajstić information content (AvgIpc) is 3.29. The van der Waals surface area contributed by atoms with Crippen LogP contribution in [0, 0.1) is 0 Å². The Balaban J connectivity index is 1.54. The van der Waals surface area contributed by atoms with Gasteiger partial charge in [0, 0.05) is 24.4 Å². The fourth-order valence-corrected chi connectivity index (χ4v) is 5.98. The zero-order valence-electron chi connectivity index (χ0n) is 19.4. The van der Waals surface area contributed by atoms with Gasteiger partial charge in [0.25, 0.3) is 0 Å². The smallest absolute Gasteiger partial charge is 0.176 e. The van der Waals surface area contributed by atoms with Crippen molar-refractivity contribution in [2.45, 2.75) is 43.4 Å². The molecule has 6 heteroatoms. The van der Waals surface area contributed by atoms with Crippen molar-refractivity contribution in [2.75, 3.05) is 12.8 Å². The van der Waals surface area contributed by atoms with E-state index in [9.17, 15) is 13.2 Å². The Hall–Kier alpha value is -2.80. The Kier molecular flexibility index (Phi) is 7.93. The predicted octanol–water partition coefficient (Wildman–Crippen LogP) is 4.53. The molecule has 0 aromatic heterocycles. The first-order valence-corrected chi connectivity index (χ1v) is 13.6. The third-order valence-electron chi connectivity index (χ3n) is 6.47. The maximum absolute atomic E-state index is 13.1. The number of benzene rings is 3.